The molecule has 0 aromatic heterocycles. The molecular weight excluding hydrogens is 282 g/mol. The molecule has 0 atom stereocenters. The summed E-state index contributed by atoms with van der Waals surface area (Å²) in [7, 11) is 1.30. The van der Waals surface area contributed by atoms with Gasteiger partial charge in [0, 0.05) is 16.8 Å². The summed E-state index contributed by atoms with van der Waals surface area (Å²) in [4.78, 5) is 34.6. The van der Waals surface area contributed by atoms with Crippen molar-refractivity contribution in [3.05, 3.63) is 65.2 Å². The van der Waals surface area contributed by atoms with Crippen LogP contribution in [0.1, 0.15) is 38.0 Å². The van der Waals surface area contributed by atoms with Crippen molar-refractivity contribution in [1.29, 1.82) is 0 Å². The van der Waals surface area contributed by atoms with Crippen LogP contribution in [0.2, 0.25) is 0 Å². The maximum absolute atomic E-state index is 12.1. The van der Waals surface area contributed by atoms with Crippen molar-refractivity contribution in [3.63, 3.8) is 0 Å². The first kappa shape index (κ1) is 15.4. The summed E-state index contributed by atoms with van der Waals surface area (Å²) in [6, 6.07) is 12.8. The fourth-order valence-corrected chi connectivity index (χ4v) is 1.87. The minimum Gasteiger partial charge on any atom is -0.465 e. The van der Waals surface area contributed by atoms with Crippen LogP contribution in [0, 0.1) is 0 Å². The number of hydrogen-bond acceptors (Lipinski definition) is 4. The SMILES string of the molecule is COC(=O)c1ccc(C(=O)Nc2ccc(C(C)=O)cc2)cc1. The van der Waals surface area contributed by atoms with Gasteiger partial charge < -0.3 is 10.1 Å². The van der Waals surface area contributed by atoms with E-state index in [0.717, 1.165) is 0 Å². The van der Waals surface area contributed by atoms with Crippen molar-refractivity contribution in [2.24, 2.45) is 0 Å². The number of methoxy groups -OCH3 is 1. The summed E-state index contributed by atoms with van der Waals surface area (Å²) < 4.78 is 4.60. The maximum atomic E-state index is 12.1. The van der Waals surface area contributed by atoms with E-state index in [0.29, 0.717) is 22.4 Å². The van der Waals surface area contributed by atoms with Gasteiger partial charge in [-0.25, -0.2) is 4.79 Å². The first-order chi connectivity index (χ1) is 10.5. The summed E-state index contributed by atoms with van der Waals surface area (Å²) in [5.74, 6) is -0.782. The Labute approximate surface area is 127 Å². The number of ketones is 1. The molecule has 112 valence electrons. The molecule has 0 spiro atoms. The minimum atomic E-state index is -0.452. The maximum Gasteiger partial charge on any atom is 0.337 e. The van der Waals surface area contributed by atoms with Crippen LogP contribution in [0.25, 0.3) is 0 Å². The zero-order valence-electron chi connectivity index (χ0n) is 12.3. The van der Waals surface area contributed by atoms with Gasteiger partial charge in [-0.15, -0.1) is 0 Å². The average molecular weight is 297 g/mol. The minimum absolute atomic E-state index is 0.0312. The zero-order valence-corrected chi connectivity index (χ0v) is 12.3. The molecule has 0 aliphatic carbocycles. The first-order valence-electron chi connectivity index (χ1n) is 6.62. The number of carbonyl (C=O) groups excluding carboxylic acids is 3. The molecular formula is C17H15NO4. The molecule has 2 aromatic rings. The second-order valence-electron chi connectivity index (χ2n) is 4.66. The molecule has 1 N–H and O–H groups in total. The highest BCUT2D eigenvalue weighted by molar-refractivity contribution is 6.05. The summed E-state index contributed by atoms with van der Waals surface area (Å²) >= 11 is 0. The summed E-state index contributed by atoms with van der Waals surface area (Å²) in [6.07, 6.45) is 0. The summed E-state index contributed by atoms with van der Waals surface area (Å²) in [5, 5.41) is 2.72. The van der Waals surface area contributed by atoms with E-state index in [9.17, 15) is 14.4 Å². The molecule has 5 heteroatoms. The molecule has 5 nitrogen and oxygen atoms in total. The van der Waals surface area contributed by atoms with E-state index in [1.54, 1.807) is 36.4 Å². The monoisotopic (exact) mass is 297 g/mol. The summed E-state index contributed by atoms with van der Waals surface area (Å²) in [5.41, 5.74) is 1.97. The Bertz CT molecular complexity index is 702. The standard InChI is InChI=1S/C17H15NO4/c1-11(19)12-7-9-15(10-8-12)18-16(20)13-3-5-14(6-4-13)17(21)22-2/h3-10H,1-2H3,(H,18,20). The Kier molecular flexibility index (Phi) is 4.68. The highest BCUT2D eigenvalue weighted by Gasteiger charge is 2.09. The van der Waals surface area contributed by atoms with Crippen molar-refractivity contribution in [3.8, 4) is 0 Å². The van der Waals surface area contributed by atoms with Gasteiger partial charge in [-0.05, 0) is 55.5 Å². The lowest BCUT2D eigenvalue weighted by Gasteiger charge is -2.06. The number of nitrogens with one attached hydrogen (secondary N) is 1. The Balaban J connectivity index is 2.08. The van der Waals surface area contributed by atoms with Crippen LogP contribution in [0.3, 0.4) is 0 Å². The number of esters is 1. The van der Waals surface area contributed by atoms with Gasteiger partial charge in [-0.3, -0.25) is 9.59 Å². The van der Waals surface area contributed by atoms with Gasteiger partial charge in [0.05, 0.1) is 12.7 Å². The predicted octanol–water partition coefficient (Wildman–Crippen LogP) is 2.93. The molecule has 2 aromatic carbocycles. The quantitative estimate of drug-likeness (QED) is 0.695. The molecule has 0 saturated heterocycles. The zero-order chi connectivity index (χ0) is 16.1. The van der Waals surface area contributed by atoms with Gasteiger partial charge in [-0.2, -0.15) is 0 Å². The van der Waals surface area contributed by atoms with E-state index in [1.807, 2.05) is 0 Å². The Morgan fingerprint density at radius 3 is 1.82 bits per heavy atom. The fraction of sp³-hybridized carbons (Fsp3) is 0.118. The largest absolute Gasteiger partial charge is 0.465 e. The molecule has 0 heterocycles. The smallest absolute Gasteiger partial charge is 0.337 e. The normalized spacial score (nSPS) is 9.91. The highest BCUT2D eigenvalue weighted by Crippen LogP contribution is 2.13. The van der Waals surface area contributed by atoms with Crippen LogP contribution in [-0.2, 0) is 4.74 Å². The average Bonchev–Trinajstić information content (AvgIpc) is 2.54. The molecule has 0 fully saturated rings. The van der Waals surface area contributed by atoms with Crippen molar-refractivity contribution >= 4 is 23.3 Å². The van der Waals surface area contributed by atoms with Gasteiger partial charge >= 0.3 is 5.97 Å². The number of Topliss-reactive ketones (excluding diaryl/α,β-unsaturated/α-hetero) is 1. The lowest BCUT2D eigenvalue weighted by molar-refractivity contribution is 0.0600. The van der Waals surface area contributed by atoms with E-state index in [4.69, 9.17) is 0 Å². The molecule has 0 radical (unpaired) electrons. The number of anilines is 1. The van der Waals surface area contributed by atoms with Crippen LogP contribution < -0.4 is 5.32 Å². The van der Waals surface area contributed by atoms with Crippen molar-refractivity contribution < 1.29 is 19.1 Å². The number of carbonyl (C=O) groups is 3. The van der Waals surface area contributed by atoms with Crippen molar-refractivity contribution in [1.82, 2.24) is 0 Å². The van der Waals surface area contributed by atoms with E-state index in [2.05, 4.69) is 10.1 Å². The Morgan fingerprint density at radius 2 is 1.32 bits per heavy atom. The second kappa shape index (κ2) is 6.67. The number of hydrogen-bond donors (Lipinski definition) is 1. The van der Waals surface area contributed by atoms with Crippen LogP contribution in [0.15, 0.2) is 48.5 Å². The third-order valence-electron chi connectivity index (χ3n) is 3.12. The van der Waals surface area contributed by atoms with Gasteiger partial charge in [0.1, 0.15) is 0 Å². The van der Waals surface area contributed by atoms with Crippen molar-refractivity contribution in [2.75, 3.05) is 12.4 Å². The molecule has 0 aliphatic heterocycles. The van der Waals surface area contributed by atoms with Crippen molar-refractivity contribution in [2.45, 2.75) is 6.92 Å². The second-order valence-corrected chi connectivity index (χ2v) is 4.66. The Hall–Kier alpha value is -2.95. The topological polar surface area (TPSA) is 72.5 Å². The Morgan fingerprint density at radius 1 is 0.818 bits per heavy atom. The van der Waals surface area contributed by atoms with Gasteiger partial charge in [0.25, 0.3) is 5.91 Å². The fourth-order valence-electron chi connectivity index (χ4n) is 1.87. The van der Waals surface area contributed by atoms with E-state index in [1.165, 1.54) is 26.2 Å². The van der Waals surface area contributed by atoms with Crippen LogP contribution in [-0.4, -0.2) is 24.8 Å². The van der Waals surface area contributed by atoms with Gasteiger partial charge in [0.2, 0.25) is 0 Å². The van der Waals surface area contributed by atoms with Crippen LogP contribution >= 0.6 is 0 Å². The third-order valence-corrected chi connectivity index (χ3v) is 3.12. The number of amides is 1. The predicted molar refractivity (Wildman–Crippen MR) is 82.2 cm³/mol. The highest BCUT2D eigenvalue weighted by atomic mass is 16.5. The molecule has 1 amide bonds. The van der Waals surface area contributed by atoms with Crippen LogP contribution in [0.5, 0.6) is 0 Å². The molecule has 22 heavy (non-hydrogen) atoms. The first-order valence-corrected chi connectivity index (χ1v) is 6.62. The van der Waals surface area contributed by atoms with E-state index < -0.39 is 5.97 Å². The van der Waals surface area contributed by atoms with Crippen LogP contribution in [0.4, 0.5) is 5.69 Å². The van der Waals surface area contributed by atoms with E-state index in [-0.39, 0.29) is 11.7 Å². The summed E-state index contributed by atoms with van der Waals surface area (Å²) in [6.45, 7) is 1.48. The molecule has 2 rings (SSSR count). The van der Waals surface area contributed by atoms with Gasteiger partial charge in [-0.1, -0.05) is 0 Å². The lowest BCUT2D eigenvalue weighted by Crippen LogP contribution is -2.12. The number of ether oxygens (including phenoxy) is 1. The molecule has 0 unspecified atom stereocenters. The van der Waals surface area contributed by atoms with E-state index >= 15 is 0 Å². The molecule has 0 saturated carbocycles. The third kappa shape index (κ3) is 3.58. The molecule has 0 bridgehead atoms. The lowest BCUT2D eigenvalue weighted by atomic mass is 10.1. The number of benzene rings is 2. The molecule has 0 aliphatic rings. The number of rotatable bonds is 4. The van der Waals surface area contributed by atoms with Gasteiger partial charge in [0.15, 0.2) is 5.78 Å².